The van der Waals surface area contributed by atoms with E-state index in [1.165, 1.54) is 6.07 Å². The maximum atomic E-state index is 12.2. The lowest BCUT2D eigenvalue weighted by Crippen LogP contribution is -2.34. The van der Waals surface area contributed by atoms with Gasteiger partial charge in [0.25, 0.3) is 5.91 Å². The smallest absolute Gasteiger partial charge is 0.258 e. The van der Waals surface area contributed by atoms with Gasteiger partial charge in [-0.2, -0.15) is 0 Å². The summed E-state index contributed by atoms with van der Waals surface area (Å²) in [6.45, 7) is 2.47. The highest BCUT2D eigenvalue weighted by molar-refractivity contribution is 7.80. The van der Waals surface area contributed by atoms with E-state index in [0.29, 0.717) is 28.6 Å². The summed E-state index contributed by atoms with van der Waals surface area (Å²) in [5.41, 5.74) is 1.01. The Balaban J connectivity index is 2.01. The van der Waals surface area contributed by atoms with Gasteiger partial charge >= 0.3 is 0 Å². The minimum Gasteiger partial charge on any atom is -0.494 e. The molecule has 0 unspecified atom stereocenters. The molecule has 0 radical (unpaired) electrons. The van der Waals surface area contributed by atoms with Gasteiger partial charge in [-0.3, -0.25) is 10.1 Å². The van der Waals surface area contributed by atoms with Gasteiger partial charge in [0.2, 0.25) is 0 Å². The van der Waals surface area contributed by atoms with Gasteiger partial charge in [-0.05, 0) is 49.5 Å². The standard InChI is InChI=1S/C16H14Cl2N2O2S/c1-2-22-12-5-3-4-11(9-12)19-16(23)20-15(21)13-7-6-10(17)8-14(13)18/h3-9H,2H2,1H3,(H2,19,20,21,23). The van der Waals surface area contributed by atoms with E-state index in [2.05, 4.69) is 10.6 Å². The van der Waals surface area contributed by atoms with Crippen molar-refractivity contribution in [3.8, 4) is 5.75 Å². The van der Waals surface area contributed by atoms with Crippen molar-refractivity contribution in [1.82, 2.24) is 5.32 Å². The molecule has 0 saturated heterocycles. The molecule has 0 heterocycles. The molecule has 0 aliphatic rings. The molecular weight excluding hydrogens is 355 g/mol. The van der Waals surface area contributed by atoms with Gasteiger partial charge in [-0.25, -0.2) is 0 Å². The van der Waals surface area contributed by atoms with Crippen LogP contribution in [-0.2, 0) is 0 Å². The lowest BCUT2D eigenvalue weighted by molar-refractivity contribution is 0.0978. The Morgan fingerprint density at radius 2 is 2.00 bits per heavy atom. The van der Waals surface area contributed by atoms with Crippen LogP contribution >= 0.6 is 35.4 Å². The second-order valence-electron chi connectivity index (χ2n) is 4.49. The topological polar surface area (TPSA) is 50.4 Å². The van der Waals surface area contributed by atoms with Crippen molar-refractivity contribution in [3.63, 3.8) is 0 Å². The minimum absolute atomic E-state index is 0.162. The van der Waals surface area contributed by atoms with E-state index < -0.39 is 5.91 Å². The van der Waals surface area contributed by atoms with Crippen molar-refractivity contribution in [2.24, 2.45) is 0 Å². The molecule has 0 bridgehead atoms. The van der Waals surface area contributed by atoms with Gasteiger partial charge in [0.15, 0.2) is 5.11 Å². The Bertz CT molecular complexity index is 738. The quantitative estimate of drug-likeness (QED) is 0.779. The normalized spacial score (nSPS) is 10.0. The molecule has 0 saturated carbocycles. The molecule has 2 rings (SSSR count). The van der Waals surface area contributed by atoms with Crippen molar-refractivity contribution >= 4 is 52.1 Å². The van der Waals surface area contributed by atoms with Crippen molar-refractivity contribution in [2.45, 2.75) is 6.92 Å². The maximum absolute atomic E-state index is 12.2. The third-order valence-electron chi connectivity index (χ3n) is 2.81. The molecule has 23 heavy (non-hydrogen) atoms. The zero-order valence-corrected chi connectivity index (χ0v) is 14.6. The highest BCUT2D eigenvalue weighted by atomic mass is 35.5. The fourth-order valence-electron chi connectivity index (χ4n) is 1.84. The fourth-order valence-corrected chi connectivity index (χ4v) is 2.54. The van der Waals surface area contributed by atoms with Crippen LogP contribution < -0.4 is 15.4 Å². The molecule has 2 N–H and O–H groups in total. The molecule has 1 amide bonds. The van der Waals surface area contributed by atoms with Crippen molar-refractivity contribution < 1.29 is 9.53 Å². The number of anilines is 1. The first-order valence-corrected chi connectivity index (χ1v) is 7.96. The number of hydrogen-bond donors (Lipinski definition) is 2. The van der Waals surface area contributed by atoms with Crippen molar-refractivity contribution in [2.75, 3.05) is 11.9 Å². The van der Waals surface area contributed by atoms with E-state index in [-0.39, 0.29) is 10.1 Å². The highest BCUT2D eigenvalue weighted by Crippen LogP contribution is 2.21. The van der Waals surface area contributed by atoms with Gasteiger partial charge in [0, 0.05) is 16.8 Å². The number of rotatable bonds is 4. The Hall–Kier alpha value is -1.82. The molecular formula is C16H14Cl2N2O2S. The van der Waals surface area contributed by atoms with Crippen LogP contribution in [-0.4, -0.2) is 17.6 Å². The zero-order chi connectivity index (χ0) is 16.8. The Morgan fingerprint density at radius 3 is 2.70 bits per heavy atom. The molecule has 2 aromatic rings. The van der Waals surface area contributed by atoms with Crippen LogP contribution in [0.25, 0.3) is 0 Å². The number of nitrogens with one attached hydrogen (secondary N) is 2. The second-order valence-corrected chi connectivity index (χ2v) is 5.75. The third kappa shape index (κ3) is 5.10. The number of carbonyl (C=O) groups excluding carboxylic acids is 1. The van der Waals surface area contributed by atoms with Crippen LogP contribution in [0.2, 0.25) is 10.0 Å². The molecule has 2 aromatic carbocycles. The average Bonchev–Trinajstić information content (AvgIpc) is 2.47. The van der Waals surface area contributed by atoms with Crippen molar-refractivity contribution in [3.05, 3.63) is 58.1 Å². The summed E-state index contributed by atoms with van der Waals surface area (Å²) in [6.07, 6.45) is 0. The predicted molar refractivity (Wildman–Crippen MR) is 97.8 cm³/mol. The summed E-state index contributed by atoms with van der Waals surface area (Å²) in [7, 11) is 0. The monoisotopic (exact) mass is 368 g/mol. The average molecular weight is 369 g/mol. The molecule has 0 spiro atoms. The second kappa shape index (κ2) is 8.15. The third-order valence-corrected chi connectivity index (χ3v) is 3.56. The fraction of sp³-hybridized carbons (Fsp3) is 0.125. The zero-order valence-electron chi connectivity index (χ0n) is 12.2. The van der Waals surface area contributed by atoms with Gasteiger partial charge in [0.05, 0.1) is 17.2 Å². The highest BCUT2D eigenvalue weighted by Gasteiger charge is 2.12. The molecule has 7 heteroatoms. The number of halogens is 2. The van der Waals surface area contributed by atoms with Gasteiger partial charge in [-0.15, -0.1) is 0 Å². The van der Waals surface area contributed by atoms with Crippen LogP contribution in [0.4, 0.5) is 5.69 Å². The summed E-state index contributed by atoms with van der Waals surface area (Å²) in [6, 6.07) is 11.9. The maximum Gasteiger partial charge on any atom is 0.258 e. The summed E-state index contributed by atoms with van der Waals surface area (Å²) >= 11 is 16.9. The number of carbonyl (C=O) groups is 1. The minimum atomic E-state index is -0.412. The molecule has 0 fully saturated rings. The molecule has 4 nitrogen and oxygen atoms in total. The number of thiocarbonyl (C=S) groups is 1. The van der Waals surface area contributed by atoms with E-state index in [4.69, 9.17) is 40.2 Å². The van der Waals surface area contributed by atoms with E-state index in [1.807, 2.05) is 25.1 Å². The summed E-state index contributed by atoms with van der Waals surface area (Å²) in [5, 5.41) is 6.37. The van der Waals surface area contributed by atoms with E-state index in [0.717, 1.165) is 0 Å². The van der Waals surface area contributed by atoms with Gasteiger partial charge < -0.3 is 10.1 Å². The molecule has 0 aliphatic heterocycles. The molecule has 0 aromatic heterocycles. The lowest BCUT2D eigenvalue weighted by atomic mass is 10.2. The molecule has 120 valence electrons. The van der Waals surface area contributed by atoms with Crippen molar-refractivity contribution in [1.29, 1.82) is 0 Å². The number of amides is 1. The van der Waals surface area contributed by atoms with Gasteiger partial charge in [0.1, 0.15) is 5.75 Å². The van der Waals surface area contributed by atoms with Crippen LogP contribution in [0.15, 0.2) is 42.5 Å². The summed E-state index contributed by atoms with van der Waals surface area (Å²) in [4.78, 5) is 12.2. The van der Waals surface area contributed by atoms with E-state index in [1.54, 1.807) is 18.2 Å². The summed E-state index contributed by atoms with van der Waals surface area (Å²) < 4.78 is 5.40. The molecule has 0 atom stereocenters. The summed E-state index contributed by atoms with van der Waals surface area (Å²) in [5.74, 6) is 0.303. The first-order chi connectivity index (χ1) is 11.0. The predicted octanol–water partition coefficient (Wildman–Crippen LogP) is 4.52. The van der Waals surface area contributed by atoms with E-state index >= 15 is 0 Å². The Morgan fingerprint density at radius 1 is 1.22 bits per heavy atom. The van der Waals surface area contributed by atoms with Crippen LogP contribution in [0.3, 0.4) is 0 Å². The number of hydrogen-bond acceptors (Lipinski definition) is 3. The van der Waals surface area contributed by atoms with Gasteiger partial charge in [-0.1, -0.05) is 29.3 Å². The first-order valence-electron chi connectivity index (χ1n) is 6.80. The lowest BCUT2D eigenvalue weighted by Gasteiger charge is -2.11. The molecule has 0 aliphatic carbocycles. The van der Waals surface area contributed by atoms with Crippen LogP contribution in [0, 0.1) is 0 Å². The van der Waals surface area contributed by atoms with Crippen LogP contribution in [0.5, 0.6) is 5.75 Å². The van der Waals surface area contributed by atoms with Crippen LogP contribution in [0.1, 0.15) is 17.3 Å². The Labute approximate surface area is 149 Å². The Kier molecular flexibility index (Phi) is 6.21. The first kappa shape index (κ1) is 17.5. The number of ether oxygens (including phenoxy) is 1. The SMILES string of the molecule is CCOc1cccc(NC(=S)NC(=O)c2ccc(Cl)cc2Cl)c1. The number of benzene rings is 2. The van der Waals surface area contributed by atoms with E-state index in [9.17, 15) is 4.79 Å². The largest absolute Gasteiger partial charge is 0.494 e.